The van der Waals surface area contributed by atoms with Crippen molar-refractivity contribution in [3.05, 3.63) is 88.7 Å². The summed E-state index contributed by atoms with van der Waals surface area (Å²) in [5, 5.41) is 11.5. The summed E-state index contributed by atoms with van der Waals surface area (Å²) in [5.41, 5.74) is 1.52. The first-order chi connectivity index (χ1) is 15.1. The van der Waals surface area contributed by atoms with Gasteiger partial charge in [0.2, 0.25) is 0 Å². The van der Waals surface area contributed by atoms with Gasteiger partial charge >= 0.3 is 0 Å². The zero-order chi connectivity index (χ0) is 21.4. The summed E-state index contributed by atoms with van der Waals surface area (Å²) in [7, 11) is 0. The van der Waals surface area contributed by atoms with Gasteiger partial charge in [0, 0.05) is 5.41 Å². The van der Waals surface area contributed by atoms with Gasteiger partial charge in [-0.15, -0.1) is 0 Å². The number of rotatable bonds is 5. The normalized spacial score (nSPS) is 17.2. The molecule has 1 amide bonds. The summed E-state index contributed by atoms with van der Waals surface area (Å²) in [6.45, 7) is 0. The van der Waals surface area contributed by atoms with E-state index in [2.05, 4.69) is 4.99 Å². The molecule has 6 nitrogen and oxygen atoms in total. The number of benzene rings is 1. The molecule has 9 heteroatoms. The number of hydrogen-bond acceptors (Lipinski definition) is 6. The molecule has 0 aliphatic carbocycles. The molecule has 0 unspecified atom stereocenters. The van der Waals surface area contributed by atoms with Crippen LogP contribution in [0.4, 0.5) is 4.39 Å². The van der Waals surface area contributed by atoms with E-state index in [9.17, 15) is 9.18 Å². The van der Waals surface area contributed by atoms with Gasteiger partial charge in [0.05, 0.1) is 23.3 Å². The van der Waals surface area contributed by atoms with E-state index in [1.54, 1.807) is 40.8 Å². The van der Waals surface area contributed by atoms with Gasteiger partial charge < -0.3 is 8.83 Å². The van der Waals surface area contributed by atoms with Gasteiger partial charge in [-0.2, -0.15) is 4.99 Å². The third-order valence-corrected chi connectivity index (χ3v) is 6.34. The van der Waals surface area contributed by atoms with E-state index < -0.39 is 5.91 Å². The Morgan fingerprint density at radius 2 is 2.03 bits per heavy atom. The summed E-state index contributed by atoms with van der Waals surface area (Å²) in [4.78, 5) is 18.3. The molecule has 2 aliphatic heterocycles. The molecule has 154 valence electrons. The second kappa shape index (κ2) is 8.09. The van der Waals surface area contributed by atoms with E-state index >= 15 is 0 Å². The summed E-state index contributed by atoms with van der Waals surface area (Å²) in [5.74, 6) is 1.06. The van der Waals surface area contributed by atoms with Gasteiger partial charge in [0.25, 0.3) is 5.91 Å². The second-order valence-electron chi connectivity index (χ2n) is 6.59. The predicted molar refractivity (Wildman–Crippen MR) is 119 cm³/mol. The molecule has 0 spiro atoms. The van der Waals surface area contributed by atoms with Crippen LogP contribution in [0.2, 0.25) is 0 Å². The molecule has 1 N–H and O–H groups in total. The minimum atomic E-state index is -0.501. The quantitative estimate of drug-likeness (QED) is 0.401. The largest absolute Gasteiger partial charge is 0.468 e. The molecular weight excluding hydrogens is 437 g/mol. The molecule has 0 radical (unpaired) electrons. The molecule has 0 saturated carbocycles. The lowest BCUT2D eigenvalue weighted by molar-refractivity contribution is -0.114. The highest BCUT2D eigenvalue weighted by molar-refractivity contribution is 8.17. The molecular formula is C22H14FN3O3S2. The number of aliphatic imine (C=N–C) groups is 1. The summed E-state index contributed by atoms with van der Waals surface area (Å²) in [6, 6.07) is 13.2. The zero-order valence-corrected chi connectivity index (χ0v) is 17.5. The van der Waals surface area contributed by atoms with Crippen LogP contribution in [0.15, 0.2) is 84.7 Å². The fourth-order valence-corrected chi connectivity index (χ4v) is 4.75. The number of amidine groups is 2. The minimum Gasteiger partial charge on any atom is -0.468 e. The number of fused-ring (bicyclic) bond motifs is 1. The highest BCUT2D eigenvalue weighted by atomic mass is 32.2. The fraction of sp³-hybridized carbons (Fsp3) is 0.0455. The van der Waals surface area contributed by atoms with E-state index in [1.807, 2.05) is 12.1 Å². The van der Waals surface area contributed by atoms with Crippen LogP contribution in [0.1, 0.15) is 17.1 Å². The van der Waals surface area contributed by atoms with Crippen LogP contribution in [-0.4, -0.2) is 21.8 Å². The average Bonchev–Trinajstić information content (AvgIpc) is 3.51. The van der Waals surface area contributed by atoms with Crippen LogP contribution in [-0.2, 0) is 10.5 Å². The van der Waals surface area contributed by atoms with Gasteiger partial charge in [0.1, 0.15) is 23.2 Å². The maximum atomic E-state index is 13.3. The first-order valence-electron chi connectivity index (χ1n) is 9.20. The molecule has 3 aromatic rings. The summed E-state index contributed by atoms with van der Waals surface area (Å²) >= 11 is 2.72. The molecule has 2 aliphatic rings. The van der Waals surface area contributed by atoms with E-state index in [0.29, 0.717) is 27.5 Å². The maximum absolute atomic E-state index is 13.3. The van der Waals surface area contributed by atoms with Gasteiger partial charge in [-0.25, -0.2) is 4.39 Å². The monoisotopic (exact) mass is 451 g/mol. The Kier molecular flexibility index (Phi) is 5.13. The van der Waals surface area contributed by atoms with Crippen LogP contribution in [0.3, 0.4) is 0 Å². The SMILES string of the molecule is N=C1/C(=C/c2ccc(SCc3ccco3)o2)C(=O)N=C2SC=C(c3ccc(F)cc3)N12. The molecule has 1 aromatic carbocycles. The van der Waals surface area contributed by atoms with Crippen molar-refractivity contribution in [3.63, 3.8) is 0 Å². The summed E-state index contributed by atoms with van der Waals surface area (Å²) < 4.78 is 24.4. The van der Waals surface area contributed by atoms with Gasteiger partial charge in [-0.1, -0.05) is 23.5 Å². The first kappa shape index (κ1) is 19.7. The van der Waals surface area contributed by atoms with Crippen molar-refractivity contribution in [1.29, 1.82) is 5.41 Å². The number of carbonyl (C=O) groups is 1. The second-order valence-corrected chi connectivity index (χ2v) is 8.41. The number of nitrogens with one attached hydrogen (secondary N) is 1. The fourth-order valence-electron chi connectivity index (χ4n) is 3.09. The topological polar surface area (TPSA) is 82.8 Å². The Morgan fingerprint density at radius 1 is 1.19 bits per heavy atom. The van der Waals surface area contributed by atoms with Gasteiger partial charge in [-0.05, 0) is 60.2 Å². The van der Waals surface area contributed by atoms with Crippen LogP contribution < -0.4 is 0 Å². The number of carbonyl (C=O) groups excluding carboxylic acids is 1. The number of amides is 1. The Morgan fingerprint density at radius 3 is 2.81 bits per heavy atom. The van der Waals surface area contributed by atoms with E-state index in [0.717, 1.165) is 11.3 Å². The Bertz CT molecular complexity index is 1260. The number of nitrogens with zero attached hydrogens (tertiary/aromatic N) is 2. The lowest BCUT2D eigenvalue weighted by Crippen LogP contribution is -2.38. The average molecular weight is 452 g/mol. The van der Waals surface area contributed by atoms with Crippen molar-refractivity contribution in [2.24, 2.45) is 4.99 Å². The van der Waals surface area contributed by atoms with Crippen LogP contribution in [0.5, 0.6) is 0 Å². The van der Waals surface area contributed by atoms with Crippen molar-refractivity contribution >= 4 is 52.2 Å². The van der Waals surface area contributed by atoms with Gasteiger partial charge in [-0.3, -0.25) is 15.1 Å². The number of halogens is 1. The Hall–Kier alpha value is -3.30. The van der Waals surface area contributed by atoms with Crippen LogP contribution >= 0.6 is 23.5 Å². The Balaban J connectivity index is 1.38. The third-order valence-electron chi connectivity index (χ3n) is 4.58. The standard InChI is InChI=1S/C22H14FN3O3S2/c23-14-5-3-13(4-6-14)18-12-31-22-25-21(27)17(20(24)26(18)22)10-15-7-8-19(29-15)30-11-16-2-1-9-28-16/h1-10,12,24H,11H2/b17-10-,24-20?. The molecule has 4 heterocycles. The lowest BCUT2D eigenvalue weighted by atomic mass is 10.1. The number of hydrogen-bond donors (Lipinski definition) is 1. The molecule has 0 fully saturated rings. The highest BCUT2D eigenvalue weighted by Crippen LogP contribution is 2.37. The zero-order valence-electron chi connectivity index (χ0n) is 15.9. The highest BCUT2D eigenvalue weighted by Gasteiger charge is 2.36. The van der Waals surface area contributed by atoms with Crippen molar-refractivity contribution < 1.29 is 18.0 Å². The number of furan rings is 2. The molecule has 2 aromatic heterocycles. The van der Waals surface area contributed by atoms with Crippen molar-refractivity contribution in [2.75, 3.05) is 0 Å². The molecule has 0 saturated heterocycles. The van der Waals surface area contributed by atoms with Crippen molar-refractivity contribution in [2.45, 2.75) is 10.8 Å². The summed E-state index contributed by atoms with van der Waals surface area (Å²) in [6.07, 6.45) is 3.14. The third kappa shape index (κ3) is 3.89. The smallest absolute Gasteiger partial charge is 0.283 e. The minimum absolute atomic E-state index is 0.00300. The van der Waals surface area contributed by atoms with Crippen LogP contribution in [0.25, 0.3) is 11.8 Å². The molecule has 0 bridgehead atoms. The van der Waals surface area contributed by atoms with E-state index in [4.69, 9.17) is 14.2 Å². The molecule has 5 rings (SSSR count). The maximum Gasteiger partial charge on any atom is 0.283 e. The first-order valence-corrected chi connectivity index (χ1v) is 11.1. The molecule has 31 heavy (non-hydrogen) atoms. The lowest BCUT2D eigenvalue weighted by Gasteiger charge is -2.26. The van der Waals surface area contributed by atoms with E-state index in [-0.39, 0.29) is 17.2 Å². The van der Waals surface area contributed by atoms with Crippen molar-refractivity contribution in [3.8, 4) is 0 Å². The molecule has 0 atom stereocenters. The van der Waals surface area contributed by atoms with Gasteiger partial charge in [0.15, 0.2) is 10.3 Å². The Labute approximate surface area is 185 Å². The number of thioether (sulfide) groups is 2. The predicted octanol–water partition coefficient (Wildman–Crippen LogP) is 5.61. The van der Waals surface area contributed by atoms with Crippen LogP contribution in [0, 0.1) is 11.2 Å². The van der Waals surface area contributed by atoms with E-state index in [1.165, 1.54) is 41.7 Å². The van der Waals surface area contributed by atoms with Crippen molar-refractivity contribution in [1.82, 2.24) is 4.90 Å².